The maximum absolute atomic E-state index is 11.9. The fraction of sp³-hybridized carbons (Fsp3) is 0.125. The Morgan fingerprint density at radius 3 is 2.67 bits per heavy atom. The minimum atomic E-state index is -0.416. The molecule has 0 atom stereocenters. The van der Waals surface area contributed by atoms with E-state index in [0.29, 0.717) is 6.54 Å². The highest BCUT2D eigenvalue weighted by Crippen LogP contribution is 2.03. The van der Waals surface area contributed by atoms with Crippen molar-refractivity contribution in [3.8, 4) is 11.8 Å². The first-order valence-electron chi connectivity index (χ1n) is 6.35. The standard InChI is InChI=1S/C16H14N2O3/c19-10-2-3-12-5-7-13(8-6-12)11-18-16(21)14-4-1-9-17-15(14)20/h1,4-9,19H,10-11H2,(H,17,20)(H,18,21). The minimum absolute atomic E-state index is 0.0860. The Balaban J connectivity index is 1.99. The predicted molar refractivity (Wildman–Crippen MR) is 78.6 cm³/mol. The summed E-state index contributed by atoms with van der Waals surface area (Å²) in [6.45, 7) is 0.143. The number of benzene rings is 1. The van der Waals surface area contributed by atoms with Gasteiger partial charge in [0, 0.05) is 18.3 Å². The molecule has 0 fully saturated rings. The van der Waals surface area contributed by atoms with E-state index >= 15 is 0 Å². The van der Waals surface area contributed by atoms with Crippen molar-refractivity contribution in [2.45, 2.75) is 6.54 Å². The second-order valence-corrected chi connectivity index (χ2v) is 4.25. The largest absolute Gasteiger partial charge is 0.384 e. The van der Waals surface area contributed by atoms with Crippen LogP contribution in [0.1, 0.15) is 21.5 Å². The Kier molecular flexibility index (Phi) is 4.91. The fourth-order valence-electron chi connectivity index (χ4n) is 1.73. The Bertz CT molecular complexity index is 736. The van der Waals surface area contributed by atoms with E-state index < -0.39 is 11.5 Å². The molecule has 0 aliphatic carbocycles. The van der Waals surface area contributed by atoms with Crippen molar-refractivity contribution in [1.29, 1.82) is 0 Å². The first-order chi connectivity index (χ1) is 10.2. The minimum Gasteiger partial charge on any atom is -0.384 e. The Labute approximate surface area is 121 Å². The van der Waals surface area contributed by atoms with Crippen LogP contribution in [0, 0.1) is 11.8 Å². The van der Waals surface area contributed by atoms with E-state index in [4.69, 9.17) is 5.11 Å². The molecule has 1 amide bonds. The van der Waals surface area contributed by atoms with E-state index in [0.717, 1.165) is 11.1 Å². The van der Waals surface area contributed by atoms with Gasteiger partial charge in [0.15, 0.2) is 0 Å². The van der Waals surface area contributed by atoms with Crippen LogP contribution in [-0.2, 0) is 6.54 Å². The van der Waals surface area contributed by atoms with Gasteiger partial charge in [-0.1, -0.05) is 24.0 Å². The number of aliphatic hydroxyl groups excluding tert-OH is 1. The maximum atomic E-state index is 11.9. The summed E-state index contributed by atoms with van der Waals surface area (Å²) in [4.78, 5) is 25.8. The molecule has 0 spiro atoms. The van der Waals surface area contributed by atoms with Gasteiger partial charge in [-0.05, 0) is 29.8 Å². The number of hydrogen-bond acceptors (Lipinski definition) is 3. The number of carbonyl (C=O) groups is 1. The molecule has 1 aromatic carbocycles. The molecular weight excluding hydrogens is 268 g/mol. The summed E-state index contributed by atoms with van der Waals surface area (Å²) in [7, 11) is 0. The number of amides is 1. The van der Waals surface area contributed by atoms with Gasteiger partial charge in [-0.25, -0.2) is 0 Å². The Morgan fingerprint density at radius 1 is 1.24 bits per heavy atom. The SMILES string of the molecule is O=C(NCc1ccc(C#CCO)cc1)c1ccc[nH]c1=O. The van der Waals surface area contributed by atoms with Crippen LogP contribution >= 0.6 is 0 Å². The summed E-state index contributed by atoms with van der Waals surface area (Å²) in [5, 5.41) is 11.3. The van der Waals surface area contributed by atoms with Crippen LogP contribution in [0.5, 0.6) is 0 Å². The average Bonchev–Trinajstić information content (AvgIpc) is 2.52. The van der Waals surface area contributed by atoms with Crippen molar-refractivity contribution >= 4 is 5.91 Å². The molecule has 2 aromatic rings. The molecule has 0 aliphatic heterocycles. The topological polar surface area (TPSA) is 82.2 Å². The van der Waals surface area contributed by atoms with E-state index in [1.54, 1.807) is 18.2 Å². The van der Waals surface area contributed by atoms with Gasteiger partial charge in [0.25, 0.3) is 11.5 Å². The van der Waals surface area contributed by atoms with Crippen LogP contribution in [0.4, 0.5) is 0 Å². The van der Waals surface area contributed by atoms with E-state index in [1.807, 2.05) is 12.1 Å². The lowest BCUT2D eigenvalue weighted by molar-refractivity contribution is 0.0949. The predicted octanol–water partition coefficient (Wildman–Crippen LogP) is 0.649. The van der Waals surface area contributed by atoms with Gasteiger partial charge in [-0.15, -0.1) is 0 Å². The molecule has 106 valence electrons. The van der Waals surface area contributed by atoms with Crippen LogP contribution in [0.3, 0.4) is 0 Å². The molecule has 2 rings (SSSR count). The van der Waals surface area contributed by atoms with Crippen molar-refractivity contribution < 1.29 is 9.90 Å². The van der Waals surface area contributed by atoms with Gasteiger partial charge in [0.2, 0.25) is 0 Å². The highest BCUT2D eigenvalue weighted by atomic mass is 16.2. The number of rotatable bonds is 3. The van der Waals surface area contributed by atoms with Crippen LogP contribution in [0.2, 0.25) is 0 Å². The molecule has 0 unspecified atom stereocenters. The number of H-pyrrole nitrogens is 1. The molecule has 3 N–H and O–H groups in total. The van der Waals surface area contributed by atoms with Crippen molar-refractivity contribution in [1.82, 2.24) is 10.3 Å². The lowest BCUT2D eigenvalue weighted by Crippen LogP contribution is -2.28. The third kappa shape index (κ3) is 4.06. The summed E-state index contributed by atoms with van der Waals surface area (Å²) in [6.07, 6.45) is 1.48. The monoisotopic (exact) mass is 282 g/mol. The molecule has 5 heteroatoms. The van der Waals surface area contributed by atoms with Crippen LogP contribution < -0.4 is 10.9 Å². The van der Waals surface area contributed by atoms with E-state index in [1.165, 1.54) is 12.3 Å². The zero-order valence-corrected chi connectivity index (χ0v) is 11.2. The van der Waals surface area contributed by atoms with Crippen LogP contribution in [0.25, 0.3) is 0 Å². The number of nitrogens with one attached hydrogen (secondary N) is 2. The number of carbonyl (C=O) groups excluding carboxylic acids is 1. The van der Waals surface area contributed by atoms with E-state index in [2.05, 4.69) is 22.1 Å². The van der Waals surface area contributed by atoms with Gasteiger partial charge in [0.1, 0.15) is 12.2 Å². The maximum Gasteiger partial charge on any atom is 0.260 e. The van der Waals surface area contributed by atoms with Crippen molar-refractivity contribution in [3.05, 3.63) is 69.6 Å². The van der Waals surface area contributed by atoms with Crippen molar-refractivity contribution in [2.75, 3.05) is 6.61 Å². The molecule has 21 heavy (non-hydrogen) atoms. The van der Waals surface area contributed by atoms with Crippen LogP contribution in [0.15, 0.2) is 47.4 Å². The zero-order valence-electron chi connectivity index (χ0n) is 11.2. The van der Waals surface area contributed by atoms with Gasteiger partial charge in [0.05, 0.1) is 0 Å². The lowest BCUT2D eigenvalue weighted by atomic mass is 10.1. The highest BCUT2D eigenvalue weighted by molar-refractivity contribution is 5.93. The number of aromatic amines is 1. The third-order valence-corrected chi connectivity index (χ3v) is 2.78. The summed E-state index contributed by atoms with van der Waals surface area (Å²) in [6, 6.07) is 10.3. The van der Waals surface area contributed by atoms with Crippen molar-refractivity contribution in [3.63, 3.8) is 0 Å². The van der Waals surface area contributed by atoms with E-state index in [9.17, 15) is 9.59 Å². The highest BCUT2D eigenvalue weighted by Gasteiger charge is 2.08. The third-order valence-electron chi connectivity index (χ3n) is 2.78. The molecule has 1 heterocycles. The number of aromatic nitrogens is 1. The molecular formula is C16H14N2O3. The van der Waals surface area contributed by atoms with Crippen molar-refractivity contribution in [2.24, 2.45) is 0 Å². The second kappa shape index (κ2) is 7.08. The Morgan fingerprint density at radius 2 is 2.00 bits per heavy atom. The molecule has 0 bridgehead atoms. The molecule has 0 aliphatic rings. The fourth-order valence-corrected chi connectivity index (χ4v) is 1.73. The quantitative estimate of drug-likeness (QED) is 0.723. The summed E-state index contributed by atoms with van der Waals surface area (Å²) >= 11 is 0. The normalized spacial score (nSPS) is 9.57. The summed E-state index contributed by atoms with van der Waals surface area (Å²) < 4.78 is 0. The van der Waals surface area contributed by atoms with Gasteiger partial charge in [-0.3, -0.25) is 9.59 Å². The molecule has 0 radical (unpaired) electrons. The Hall–Kier alpha value is -2.84. The van der Waals surface area contributed by atoms with E-state index in [-0.39, 0.29) is 12.2 Å². The number of pyridine rings is 1. The average molecular weight is 282 g/mol. The summed E-state index contributed by atoms with van der Waals surface area (Å²) in [5.74, 6) is 4.93. The first-order valence-corrected chi connectivity index (χ1v) is 6.35. The zero-order chi connectivity index (χ0) is 15.1. The van der Waals surface area contributed by atoms with Gasteiger partial charge >= 0.3 is 0 Å². The molecule has 1 aromatic heterocycles. The molecule has 0 saturated heterocycles. The second-order valence-electron chi connectivity index (χ2n) is 4.25. The smallest absolute Gasteiger partial charge is 0.260 e. The van der Waals surface area contributed by atoms with Gasteiger partial charge < -0.3 is 15.4 Å². The van der Waals surface area contributed by atoms with Crippen LogP contribution in [-0.4, -0.2) is 22.6 Å². The molecule has 5 nitrogen and oxygen atoms in total. The molecule has 0 saturated carbocycles. The summed E-state index contributed by atoms with van der Waals surface area (Å²) in [5.41, 5.74) is 1.36. The number of aliphatic hydroxyl groups is 1. The first kappa shape index (κ1) is 14.6. The van der Waals surface area contributed by atoms with Gasteiger partial charge in [-0.2, -0.15) is 0 Å². The number of hydrogen-bond donors (Lipinski definition) is 3. The lowest BCUT2D eigenvalue weighted by Gasteiger charge is -2.05.